The van der Waals surface area contributed by atoms with Gasteiger partial charge in [-0.05, 0) is 20.3 Å². The first-order valence-electron chi connectivity index (χ1n) is 3.50. The molecule has 0 aromatic carbocycles. The zero-order chi connectivity index (χ0) is 8.20. The summed E-state index contributed by atoms with van der Waals surface area (Å²) in [6, 6.07) is 0. The van der Waals surface area contributed by atoms with Gasteiger partial charge in [-0.2, -0.15) is 14.3 Å². The Balaban J connectivity index is 3.63. The second kappa shape index (κ2) is 4.24. The van der Waals surface area contributed by atoms with E-state index in [9.17, 15) is 0 Å². The van der Waals surface area contributed by atoms with E-state index in [4.69, 9.17) is 14.3 Å². The molecule has 62 valence electrons. The fourth-order valence-corrected chi connectivity index (χ4v) is 2.04. The molecule has 0 heterocycles. The molecule has 2 N–H and O–H groups in total. The fraction of sp³-hybridized carbons (Fsp3) is 1.00. The summed E-state index contributed by atoms with van der Waals surface area (Å²) >= 11 is 0. The standard InChI is InChI=1S/C6H16O3P/c1-4-5-10(7,8)9-6(2)3/h6-8H,4-5H2,1-3H3/q+1. The van der Waals surface area contributed by atoms with Crippen molar-refractivity contribution in [2.45, 2.75) is 33.3 Å². The Hall–Kier alpha value is 0.310. The van der Waals surface area contributed by atoms with Crippen LogP contribution >= 0.6 is 7.94 Å². The minimum Gasteiger partial charge on any atom is -0.193 e. The van der Waals surface area contributed by atoms with Gasteiger partial charge in [0.25, 0.3) is 0 Å². The summed E-state index contributed by atoms with van der Waals surface area (Å²) in [5.41, 5.74) is 0. The van der Waals surface area contributed by atoms with Gasteiger partial charge >= 0.3 is 7.94 Å². The zero-order valence-corrected chi connectivity index (χ0v) is 7.64. The summed E-state index contributed by atoms with van der Waals surface area (Å²) in [7, 11) is -3.00. The van der Waals surface area contributed by atoms with Crippen LogP contribution in [0.4, 0.5) is 0 Å². The molecule has 0 aliphatic heterocycles. The lowest BCUT2D eigenvalue weighted by Gasteiger charge is -2.11. The summed E-state index contributed by atoms with van der Waals surface area (Å²) in [4.78, 5) is 18.3. The maximum Gasteiger partial charge on any atom is 0.406 e. The molecular formula is C6H16O3P+. The third-order valence-corrected chi connectivity index (χ3v) is 2.68. The monoisotopic (exact) mass is 167 g/mol. The van der Waals surface area contributed by atoms with E-state index in [0.29, 0.717) is 6.16 Å². The van der Waals surface area contributed by atoms with Crippen molar-refractivity contribution in [3.63, 3.8) is 0 Å². The second-order valence-electron chi connectivity index (χ2n) is 2.54. The minimum atomic E-state index is -3.00. The van der Waals surface area contributed by atoms with Gasteiger partial charge in [-0.15, -0.1) is 0 Å². The molecule has 3 nitrogen and oxygen atoms in total. The van der Waals surface area contributed by atoms with Crippen molar-refractivity contribution in [3.8, 4) is 0 Å². The van der Waals surface area contributed by atoms with Crippen LogP contribution in [0, 0.1) is 0 Å². The smallest absolute Gasteiger partial charge is 0.193 e. The predicted molar refractivity (Wildman–Crippen MR) is 42.7 cm³/mol. The third-order valence-electron chi connectivity index (χ3n) is 0.895. The normalized spacial score (nSPS) is 12.6. The van der Waals surface area contributed by atoms with Crippen LogP contribution in [-0.2, 0) is 4.52 Å². The number of hydrogen-bond acceptors (Lipinski definition) is 3. The maximum absolute atomic E-state index is 9.13. The Labute approximate surface area is 62.6 Å². The largest absolute Gasteiger partial charge is 0.406 e. The van der Waals surface area contributed by atoms with Crippen LogP contribution in [0.5, 0.6) is 0 Å². The van der Waals surface area contributed by atoms with E-state index in [2.05, 4.69) is 0 Å². The van der Waals surface area contributed by atoms with Crippen molar-refractivity contribution < 1.29 is 14.3 Å². The highest BCUT2D eigenvalue weighted by atomic mass is 31.2. The average molecular weight is 167 g/mol. The molecule has 4 heteroatoms. The molecule has 0 saturated heterocycles. The highest BCUT2D eigenvalue weighted by Gasteiger charge is 2.35. The Morgan fingerprint density at radius 2 is 1.90 bits per heavy atom. The van der Waals surface area contributed by atoms with Crippen LogP contribution in [0.3, 0.4) is 0 Å². The van der Waals surface area contributed by atoms with Gasteiger partial charge in [-0.3, -0.25) is 0 Å². The molecule has 0 radical (unpaired) electrons. The van der Waals surface area contributed by atoms with Crippen molar-refractivity contribution in [1.82, 2.24) is 0 Å². The van der Waals surface area contributed by atoms with E-state index < -0.39 is 7.94 Å². The highest BCUT2D eigenvalue weighted by Crippen LogP contribution is 2.52. The van der Waals surface area contributed by atoms with Crippen LogP contribution in [-0.4, -0.2) is 22.1 Å². The van der Waals surface area contributed by atoms with Crippen LogP contribution in [0.1, 0.15) is 27.2 Å². The van der Waals surface area contributed by atoms with E-state index >= 15 is 0 Å². The lowest BCUT2D eigenvalue weighted by atomic mass is 10.5. The van der Waals surface area contributed by atoms with Crippen molar-refractivity contribution in [1.29, 1.82) is 0 Å². The van der Waals surface area contributed by atoms with E-state index in [1.165, 1.54) is 0 Å². The summed E-state index contributed by atoms with van der Waals surface area (Å²) < 4.78 is 4.90. The summed E-state index contributed by atoms with van der Waals surface area (Å²) in [5.74, 6) is 0. The Morgan fingerprint density at radius 3 is 2.20 bits per heavy atom. The molecule has 0 aliphatic rings. The first kappa shape index (κ1) is 10.3. The van der Waals surface area contributed by atoms with Crippen molar-refractivity contribution in [2.75, 3.05) is 6.16 Å². The van der Waals surface area contributed by atoms with Crippen LogP contribution in [0.15, 0.2) is 0 Å². The van der Waals surface area contributed by atoms with Gasteiger partial charge in [0.05, 0.1) is 0 Å². The lowest BCUT2D eigenvalue weighted by molar-refractivity contribution is 0.180. The molecule has 0 aromatic heterocycles. The van der Waals surface area contributed by atoms with Gasteiger partial charge in [-0.25, -0.2) is 0 Å². The van der Waals surface area contributed by atoms with Crippen LogP contribution in [0.2, 0.25) is 0 Å². The second-order valence-corrected chi connectivity index (χ2v) is 4.53. The molecule has 0 bridgehead atoms. The quantitative estimate of drug-likeness (QED) is 0.625. The van der Waals surface area contributed by atoms with E-state index in [0.717, 1.165) is 6.42 Å². The van der Waals surface area contributed by atoms with E-state index in [1.54, 1.807) is 13.8 Å². The first-order valence-corrected chi connectivity index (χ1v) is 5.29. The maximum atomic E-state index is 9.13. The average Bonchev–Trinajstić information content (AvgIpc) is 1.59. The Bertz CT molecular complexity index is 93.0. The molecule has 0 unspecified atom stereocenters. The van der Waals surface area contributed by atoms with Gasteiger partial charge in [0.2, 0.25) is 0 Å². The number of hydrogen-bond donors (Lipinski definition) is 2. The van der Waals surface area contributed by atoms with Gasteiger partial charge < -0.3 is 0 Å². The molecule has 0 rings (SSSR count). The van der Waals surface area contributed by atoms with Gasteiger partial charge in [0.15, 0.2) is 0 Å². The highest BCUT2D eigenvalue weighted by molar-refractivity contribution is 7.59. The zero-order valence-electron chi connectivity index (χ0n) is 6.74. The third kappa shape index (κ3) is 5.12. The molecule has 0 atom stereocenters. The van der Waals surface area contributed by atoms with Crippen molar-refractivity contribution >= 4 is 7.94 Å². The molecule has 0 saturated carbocycles. The first-order chi connectivity index (χ1) is 4.48. The van der Waals surface area contributed by atoms with Crippen molar-refractivity contribution in [3.05, 3.63) is 0 Å². The Kier molecular flexibility index (Phi) is 4.37. The number of rotatable bonds is 4. The minimum absolute atomic E-state index is 0.102. The van der Waals surface area contributed by atoms with Crippen LogP contribution < -0.4 is 0 Å². The Morgan fingerprint density at radius 1 is 1.40 bits per heavy atom. The molecule has 0 amide bonds. The van der Waals surface area contributed by atoms with Gasteiger partial charge in [0, 0.05) is 0 Å². The molecule has 0 aromatic rings. The molecule has 10 heavy (non-hydrogen) atoms. The summed E-state index contributed by atoms with van der Waals surface area (Å²) in [6.07, 6.45) is 1.01. The topological polar surface area (TPSA) is 49.7 Å². The molecule has 0 fully saturated rings. The summed E-state index contributed by atoms with van der Waals surface area (Å²) in [6.45, 7) is 5.47. The molecule has 0 aliphatic carbocycles. The van der Waals surface area contributed by atoms with Gasteiger partial charge in [0.1, 0.15) is 12.3 Å². The lowest BCUT2D eigenvalue weighted by Crippen LogP contribution is -2.07. The fourth-order valence-electron chi connectivity index (χ4n) is 0.682. The predicted octanol–water partition coefficient (Wildman–Crippen LogP) is 1.57. The van der Waals surface area contributed by atoms with Crippen LogP contribution in [0.25, 0.3) is 0 Å². The molecular weight excluding hydrogens is 151 g/mol. The van der Waals surface area contributed by atoms with E-state index in [1.807, 2.05) is 6.92 Å². The van der Waals surface area contributed by atoms with E-state index in [-0.39, 0.29) is 6.10 Å². The van der Waals surface area contributed by atoms with Gasteiger partial charge in [-0.1, -0.05) is 6.92 Å². The van der Waals surface area contributed by atoms with Crippen molar-refractivity contribution in [2.24, 2.45) is 0 Å². The molecule has 0 spiro atoms. The summed E-state index contributed by atoms with van der Waals surface area (Å²) in [5, 5.41) is 0. The SMILES string of the molecule is CCC[P+](O)(O)OC(C)C.